The van der Waals surface area contributed by atoms with Crippen LogP contribution in [0.25, 0.3) is 0 Å². The maximum Gasteiger partial charge on any atom is 0.254 e. The molecule has 1 atom stereocenters. The van der Waals surface area contributed by atoms with E-state index < -0.39 is 0 Å². The summed E-state index contributed by atoms with van der Waals surface area (Å²) in [5.74, 6) is 1.60. The molecule has 0 radical (unpaired) electrons. The third-order valence-electron chi connectivity index (χ3n) is 7.10. The molecule has 4 rings (SSSR count). The molecule has 0 unspecified atom stereocenters. The number of rotatable bonds is 7. The van der Waals surface area contributed by atoms with Gasteiger partial charge in [0.2, 0.25) is 5.91 Å². The molecule has 0 aromatic carbocycles. The normalized spacial score (nSPS) is 18.8. The first-order valence-corrected chi connectivity index (χ1v) is 12.0. The van der Waals surface area contributed by atoms with Gasteiger partial charge in [0, 0.05) is 57.2 Å². The highest BCUT2D eigenvalue weighted by atomic mass is 16.2. The Morgan fingerprint density at radius 3 is 2.56 bits per heavy atom. The minimum Gasteiger partial charge on any atom is -0.349 e. The SMILES string of the molecule is Cc1nccn1[C@H](C)CC(=O)N1CCC(Cc2nn(C)cc2C(=O)NC2CCCC2)CC1. The summed E-state index contributed by atoms with van der Waals surface area (Å²) in [7, 11) is 1.88. The van der Waals surface area contributed by atoms with Crippen LogP contribution in [0.4, 0.5) is 0 Å². The van der Waals surface area contributed by atoms with Crippen molar-refractivity contribution in [1.29, 1.82) is 0 Å². The monoisotopic (exact) mass is 440 g/mol. The van der Waals surface area contributed by atoms with Gasteiger partial charge in [-0.25, -0.2) is 4.98 Å². The number of carbonyl (C=O) groups is 2. The first-order chi connectivity index (χ1) is 15.4. The fraction of sp³-hybridized carbons (Fsp3) is 0.667. The average Bonchev–Trinajstić information content (AvgIpc) is 3.50. The van der Waals surface area contributed by atoms with E-state index in [0.29, 0.717) is 23.9 Å². The number of piperidine rings is 1. The van der Waals surface area contributed by atoms with E-state index in [1.807, 2.05) is 31.3 Å². The molecule has 8 nitrogen and oxygen atoms in total. The predicted octanol–water partition coefficient (Wildman–Crippen LogP) is 3.03. The van der Waals surface area contributed by atoms with Gasteiger partial charge in [0.05, 0.1) is 11.3 Å². The van der Waals surface area contributed by atoms with Crippen LogP contribution >= 0.6 is 0 Å². The minimum atomic E-state index is 0.0106. The van der Waals surface area contributed by atoms with E-state index in [9.17, 15) is 9.59 Å². The minimum absolute atomic E-state index is 0.0106. The van der Waals surface area contributed by atoms with Gasteiger partial charge in [0.1, 0.15) is 5.82 Å². The average molecular weight is 441 g/mol. The molecule has 174 valence electrons. The second-order valence-electron chi connectivity index (χ2n) is 9.58. The van der Waals surface area contributed by atoms with Crippen molar-refractivity contribution in [3.63, 3.8) is 0 Å². The molecule has 1 saturated heterocycles. The Labute approximate surface area is 190 Å². The van der Waals surface area contributed by atoms with Crippen molar-refractivity contribution in [1.82, 2.24) is 29.5 Å². The highest BCUT2D eigenvalue weighted by molar-refractivity contribution is 5.95. The predicted molar refractivity (Wildman–Crippen MR) is 122 cm³/mol. The van der Waals surface area contributed by atoms with Crippen LogP contribution in [-0.4, -0.2) is 55.2 Å². The maximum atomic E-state index is 12.8. The van der Waals surface area contributed by atoms with Crippen molar-refractivity contribution in [2.75, 3.05) is 13.1 Å². The molecule has 2 amide bonds. The van der Waals surface area contributed by atoms with Gasteiger partial charge < -0.3 is 14.8 Å². The van der Waals surface area contributed by atoms with Gasteiger partial charge >= 0.3 is 0 Å². The summed E-state index contributed by atoms with van der Waals surface area (Å²) in [6.07, 6.45) is 13.3. The number of likely N-dealkylation sites (tertiary alicyclic amines) is 1. The molecule has 0 spiro atoms. The second-order valence-corrected chi connectivity index (χ2v) is 9.58. The van der Waals surface area contributed by atoms with Crippen molar-refractivity contribution in [2.24, 2.45) is 13.0 Å². The van der Waals surface area contributed by atoms with Crippen molar-refractivity contribution in [3.05, 3.63) is 35.7 Å². The molecule has 8 heteroatoms. The molecule has 1 aliphatic heterocycles. The third-order valence-corrected chi connectivity index (χ3v) is 7.10. The molecular formula is C24H36N6O2. The Morgan fingerprint density at radius 2 is 1.91 bits per heavy atom. The van der Waals surface area contributed by atoms with E-state index in [4.69, 9.17) is 0 Å². The van der Waals surface area contributed by atoms with E-state index in [0.717, 1.165) is 56.7 Å². The van der Waals surface area contributed by atoms with Crippen LogP contribution in [0.5, 0.6) is 0 Å². The topological polar surface area (TPSA) is 85.1 Å². The molecule has 2 aromatic heterocycles. The summed E-state index contributed by atoms with van der Waals surface area (Å²) in [6.45, 7) is 5.58. The molecule has 1 saturated carbocycles. The van der Waals surface area contributed by atoms with Crippen LogP contribution in [0.1, 0.15) is 79.8 Å². The lowest BCUT2D eigenvalue weighted by Gasteiger charge is -2.32. The van der Waals surface area contributed by atoms with Gasteiger partial charge in [0.25, 0.3) is 5.91 Å². The summed E-state index contributed by atoms with van der Waals surface area (Å²) in [5.41, 5.74) is 1.60. The van der Waals surface area contributed by atoms with E-state index in [1.165, 1.54) is 12.8 Å². The Morgan fingerprint density at radius 1 is 1.19 bits per heavy atom. The fourth-order valence-electron chi connectivity index (χ4n) is 5.20. The number of hydrogen-bond donors (Lipinski definition) is 1. The number of nitrogens with zero attached hydrogens (tertiary/aromatic N) is 5. The van der Waals surface area contributed by atoms with Crippen LogP contribution in [0.3, 0.4) is 0 Å². The van der Waals surface area contributed by atoms with Gasteiger partial charge in [0.15, 0.2) is 0 Å². The zero-order valence-corrected chi connectivity index (χ0v) is 19.6. The van der Waals surface area contributed by atoms with Crippen molar-refractivity contribution in [2.45, 2.75) is 77.3 Å². The molecule has 2 aliphatic rings. The van der Waals surface area contributed by atoms with Gasteiger partial charge in [-0.3, -0.25) is 14.3 Å². The van der Waals surface area contributed by atoms with Crippen LogP contribution in [0.2, 0.25) is 0 Å². The first-order valence-electron chi connectivity index (χ1n) is 12.0. The fourth-order valence-corrected chi connectivity index (χ4v) is 5.20. The lowest BCUT2D eigenvalue weighted by Crippen LogP contribution is -2.39. The maximum absolute atomic E-state index is 12.8. The molecule has 2 fully saturated rings. The van der Waals surface area contributed by atoms with Crippen LogP contribution < -0.4 is 5.32 Å². The van der Waals surface area contributed by atoms with Crippen LogP contribution in [-0.2, 0) is 18.3 Å². The zero-order valence-electron chi connectivity index (χ0n) is 19.6. The van der Waals surface area contributed by atoms with Crippen molar-refractivity contribution < 1.29 is 9.59 Å². The Balaban J connectivity index is 1.29. The summed E-state index contributed by atoms with van der Waals surface area (Å²) in [5, 5.41) is 7.79. The Bertz CT molecular complexity index is 934. The van der Waals surface area contributed by atoms with Crippen molar-refractivity contribution >= 4 is 11.8 Å². The quantitative estimate of drug-likeness (QED) is 0.717. The van der Waals surface area contributed by atoms with Crippen LogP contribution in [0.15, 0.2) is 18.6 Å². The molecule has 32 heavy (non-hydrogen) atoms. The zero-order chi connectivity index (χ0) is 22.7. The number of hydrogen-bond acceptors (Lipinski definition) is 4. The summed E-state index contributed by atoms with van der Waals surface area (Å²) < 4.78 is 3.81. The summed E-state index contributed by atoms with van der Waals surface area (Å²) in [6, 6.07) is 0.412. The standard InChI is InChI=1S/C24H36N6O2/c1-17(30-13-10-25-18(30)2)14-23(31)29-11-8-19(9-12-29)15-22-21(16-28(3)27-22)24(32)26-20-6-4-5-7-20/h10,13,16-17,19-20H,4-9,11-12,14-15H2,1-3H3,(H,26,32)/t17-/m1/s1. The van der Waals surface area contributed by atoms with E-state index >= 15 is 0 Å². The van der Waals surface area contributed by atoms with Crippen molar-refractivity contribution in [3.8, 4) is 0 Å². The largest absolute Gasteiger partial charge is 0.349 e. The second kappa shape index (κ2) is 9.88. The molecule has 2 aromatic rings. The molecule has 0 bridgehead atoms. The highest BCUT2D eigenvalue weighted by Crippen LogP contribution is 2.25. The number of nitrogens with one attached hydrogen (secondary N) is 1. The molecule has 1 N–H and O–H groups in total. The number of imidazole rings is 1. The van der Waals surface area contributed by atoms with Gasteiger partial charge in [-0.1, -0.05) is 12.8 Å². The highest BCUT2D eigenvalue weighted by Gasteiger charge is 2.27. The molecule has 1 aliphatic carbocycles. The number of carbonyl (C=O) groups excluding carboxylic acids is 2. The van der Waals surface area contributed by atoms with E-state index in [1.54, 1.807) is 10.9 Å². The summed E-state index contributed by atoms with van der Waals surface area (Å²) >= 11 is 0. The Hall–Kier alpha value is -2.64. The number of aromatic nitrogens is 4. The summed E-state index contributed by atoms with van der Waals surface area (Å²) in [4.78, 5) is 31.9. The Kier molecular flexibility index (Phi) is 6.96. The van der Waals surface area contributed by atoms with Gasteiger partial charge in [-0.05, 0) is 51.9 Å². The van der Waals surface area contributed by atoms with Gasteiger partial charge in [-0.2, -0.15) is 5.10 Å². The van der Waals surface area contributed by atoms with Gasteiger partial charge in [-0.15, -0.1) is 0 Å². The third kappa shape index (κ3) is 5.22. The number of aryl methyl sites for hydroxylation is 2. The lowest BCUT2D eigenvalue weighted by molar-refractivity contribution is -0.133. The van der Waals surface area contributed by atoms with E-state index in [2.05, 4.69) is 26.9 Å². The lowest BCUT2D eigenvalue weighted by atomic mass is 9.91. The van der Waals surface area contributed by atoms with Crippen LogP contribution in [0, 0.1) is 12.8 Å². The molecular weight excluding hydrogens is 404 g/mol. The number of amides is 2. The molecule has 3 heterocycles. The first kappa shape index (κ1) is 22.6. The van der Waals surface area contributed by atoms with E-state index in [-0.39, 0.29) is 17.9 Å². The smallest absolute Gasteiger partial charge is 0.254 e.